The van der Waals surface area contributed by atoms with Crippen LogP contribution in [0.3, 0.4) is 0 Å². The second-order valence-electron chi connectivity index (χ2n) is 3.09. The van der Waals surface area contributed by atoms with Crippen molar-refractivity contribution in [3.8, 4) is 11.3 Å². The van der Waals surface area contributed by atoms with E-state index in [2.05, 4.69) is 0 Å². The van der Waals surface area contributed by atoms with Crippen LogP contribution in [0, 0.1) is 0 Å². The third-order valence-corrected chi connectivity index (χ3v) is 2.80. The molecule has 1 heterocycles. The number of carbonyl (C=O) groups is 1. The summed E-state index contributed by atoms with van der Waals surface area (Å²) >= 11 is 11.6. The summed E-state index contributed by atoms with van der Waals surface area (Å²) in [6, 6.07) is 6.12. The molecule has 1 aromatic carbocycles. The molecule has 0 aliphatic rings. The van der Waals surface area contributed by atoms with Gasteiger partial charge in [-0.3, -0.25) is 0 Å². The number of benzene rings is 1. The van der Waals surface area contributed by atoms with Gasteiger partial charge in [0, 0.05) is 5.56 Å². The molecule has 0 saturated heterocycles. The van der Waals surface area contributed by atoms with E-state index in [1.807, 2.05) is 0 Å². The predicted molar refractivity (Wildman–Crippen MR) is 61.1 cm³/mol. The molecule has 0 fully saturated rings. The molecule has 0 saturated carbocycles. The van der Waals surface area contributed by atoms with Gasteiger partial charge in [0.2, 0.25) is 0 Å². The highest BCUT2D eigenvalue weighted by molar-refractivity contribution is 6.42. The SMILES string of the molecule is O=C(O)c1cc(Cl)c(Cl)cc1-c1ccco1. The van der Waals surface area contributed by atoms with E-state index in [4.69, 9.17) is 32.7 Å². The average molecular weight is 257 g/mol. The molecule has 0 aliphatic heterocycles. The van der Waals surface area contributed by atoms with Crippen LogP contribution in [0.4, 0.5) is 0 Å². The van der Waals surface area contributed by atoms with E-state index in [1.54, 1.807) is 12.1 Å². The molecule has 82 valence electrons. The molecule has 2 aromatic rings. The first-order chi connectivity index (χ1) is 7.59. The van der Waals surface area contributed by atoms with E-state index in [1.165, 1.54) is 18.4 Å². The Bertz CT molecular complexity index is 532. The first kappa shape index (κ1) is 11.0. The second kappa shape index (κ2) is 4.20. The zero-order valence-corrected chi connectivity index (χ0v) is 9.42. The Balaban J connectivity index is 2.68. The Labute approximate surface area is 101 Å². The van der Waals surface area contributed by atoms with Crippen LogP contribution in [-0.2, 0) is 0 Å². The van der Waals surface area contributed by atoms with Gasteiger partial charge in [0.25, 0.3) is 0 Å². The Hall–Kier alpha value is -1.45. The maximum atomic E-state index is 11.0. The molecule has 0 unspecified atom stereocenters. The Morgan fingerprint density at radius 3 is 2.50 bits per heavy atom. The van der Waals surface area contributed by atoms with E-state index >= 15 is 0 Å². The zero-order chi connectivity index (χ0) is 11.7. The monoisotopic (exact) mass is 256 g/mol. The van der Waals surface area contributed by atoms with Crippen LogP contribution in [-0.4, -0.2) is 11.1 Å². The molecule has 16 heavy (non-hydrogen) atoms. The van der Waals surface area contributed by atoms with Gasteiger partial charge in [-0.1, -0.05) is 23.2 Å². The van der Waals surface area contributed by atoms with E-state index in [0.717, 1.165) is 0 Å². The maximum Gasteiger partial charge on any atom is 0.336 e. The van der Waals surface area contributed by atoms with Gasteiger partial charge in [-0.2, -0.15) is 0 Å². The Morgan fingerprint density at radius 2 is 1.94 bits per heavy atom. The number of aromatic carboxylic acids is 1. The number of furan rings is 1. The normalized spacial score (nSPS) is 10.4. The molecule has 0 spiro atoms. The van der Waals surface area contributed by atoms with Gasteiger partial charge in [0.1, 0.15) is 5.76 Å². The van der Waals surface area contributed by atoms with Crippen molar-refractivity contribution in [2.75, 3.05) is 0 Å². The Morgan fingerprint density at radius 1 is 1.25 bits per heavy atom. The summed E-state index contributed by atoms with van der Waals surface area (Å²) in [5.41, 5.74) is 0.469. The van der Waals surface area contributed by atoms with Crippen molar-refractivity contribution in [3.63, 3.8) is 0 Å². The number of carboxylic acids is 1. The van der Waals surface area contributed by atoms with Crippen LogP contribution in [0.2, 0.25) is 10.0 Å². The van der Waals surface area contributed by atoms with Crippen molar-refractivity contribution >= 4 is 29.2 Å². The van der Waals surface area contributed by atoms with Gasteiger partial charge < -0.3 is 9.52 Å². The summed E-state index contributed by atoms with van der Waals surface area (Å²) in [4.78, 5) is 11.0. The van der Waals surface area contributed by atoms with Gasteiger partial charge in [0.15, 0.2) is 0 Å². The summed E-state index contributed by atoms with van der Waals surface area (Å²) in [6.45, 7) is 0. The number of hydrogen-bond acceptors (Lipinski definition) is 2. The Kier molecular flexibility index (Phi) is 2.90. The number of hydrogen-bond donors (Lipinski definition) is 1. The van der Waals surface area contributed by atoms with E-state index in [9.17, 15) is 4.79 Å². The first-order valence-electron chi connectivity index (χ1n) is 4.36. The van der Waals surface area contributed by atoms with Crippen LogP contribution < -0.4 is 0 Å². The molecule has 3 nitrogen and oxygen atoms in total. The molecule has 5 heteroatoms. The summed E-state index contributed by atoms with van der Waals surface area (Å²) in [7, 11) is 0. The average Bonchev–Trinajstić information content (AvgIpc) is 2.74. The summed E-state index contributed by atoms with van der Waals surface area (Å²) < 4.78 is 5.14. The second-order valence-corrected chi connectivity index (χ2v) is 3.91. The number of rotatable bonds is 2. The lowest BCUT2D eigenvalue weighted by atomic mass is 10.1. The van der Waals surface area contributed by atoms with Crippen molar-refractivity contribution in [3.05, 3.63) is 46.1 Å². The van der Waals surface area contributed by atoms with Crippen LogP contribution in [0.25, 0.3) is 11.3 Å². The van der Waals surface area contributed by atoms with Crippen molar-refractivity contribution in [1.29, 1.82) is 0 Å². The fraction of sp³-hybridized carbons (Fsp3) is 0. The maximum absolute atomic E-state index is 11.0. The van der Waals surface area contributed by atoms with Gasteiger partial charge in [-0.05, 0) is 24.3 Å². The molecule has 1 N–H and O–H groups in total. The summed E-state index contributed by atoms with van der Waals surface area (Å²) in [6.07, 6.45) is 1.46. The van der Waals surface area contributed by atoms with Crippen LogP contribution >= 0.6 is 23.2 Å². The third-order valence-electron chi connectivity index (χ3n) is 2.08. The molecule has 0 aliphatic carbocycles. The standard InChI is InChI=1S/C11H6Cl2O3/c12-8-4-6(10-2-1-3-16-10)7(11(14)15)5-9(8)13/h1-5H,(H,14,15). The molecular weight excluding hydrogens is 251 g/mol. The lowest BCUT2D eigenvalue weighted by Crippen LogP contribution is -1.99. The van der Waals surface area contributed by atoms with Crippen molar-refractivity contribution < 1.29 is 14.3 Å². The van der Waals surface area contributed by atoms with E-state index < -0.39 is 5.97 Å². The van der Waals surface area contributed by atoms with Gasteiger partial charge in [-0.15, -0.1) is 0 Å². The quantitative estimate of drug-likeness (QED) is 0.885. The molecule has 0 radical (unpaired) electrons. The topological polar surface area (TPSA) is 50.4 Å². The lowest BCUT2D eigenvalue weighted by molar-refractivity contribution is 0.0697. The van der Waals surface area contributed by atoms with Crippen LogP contribution in [0.15, 0.2) is 34.9 Å². The predicted octanol–water partition coefficient (Wildman–Crippen LogP) is 3.95. The summed E-state index contributed by atoms with van der Waals surface area (Å²) in [5.74, 6) is -0.638. The molecule has 0 bridgehead atoms. The minimum Gasteiger partial charge on any atom is -0.478 e. The van der Waals surface area contributed by atoms with E-state index in [0.29, 0.717) is 11.3 Å². The van der Waals surface area contributed by atoms with Crippen LogP contribution in [0.1, 0.15) is 10.4 Å². The summed E-state index contributed by atoms with van der Waals surface area (Å²) in [5, 5.41) is 9.53. The van der Waals surface area contributed by atoms with Crippen molar-refractivity contribution in [2.24, 2.45) is 0 Å². The molecule has 0 amide bonds. The molecule has 2 rings (SSSR count). The fourth-order valence-electron chi connectivity index (χ4n) is 1.36. The van der Waals surface area contributed by atoms with Gasteiger partial charge in [0.05, 0.1) is 21.9 Å². The van der Waals surface area contributed by atoms with Crippen molar-refractivity contribution in [1.82, 2.24) is 0 Å². The highest BCUT2D eigenvalue weighted by atomic mass is 35.5. The highest BCUT2D eigenvalue weighted by Gasteiger charge is 2.16. The minimum absolute atomic E-state index is 0.0596. The fourth-order valence-corrected chi connectivity index (χ4v) is 1.69. The minimum atomic E-state index is -1.08. The smallest absolute Gasteiger partial charge is 0.336 e. The molecule has 0 atom stereocenters. The molecule has 1 aromatic heterocycles. The highest BCUT2D eigenvalue weighted by Crippen LogP contribution is 2.32. The lowest BCUT2D eigenvalue weighted by Gasteiger charge is -2.05. The zero-order valence-electron chi connectivity index (χ0n) is 7.91. The molecular formula is C11H6Cl2O3. The third kappa shape index (κ3) is 1.92. The van der Waals surface area contributed by atoms with Gasteiger partial charge >= 0.3 is 5.97 Å². The van der Waals surface area contributed by atoms with Crippen LogP contribution in [0.5, 0.6) is 0 Å². The van der Waals surface area contributed by atoms with Gasteiger partial charge in [-0.25, -0.2) is 4.79 Å². The number of halogens is 2. The number of carboxylic acid groups (broad SMARTS) is 1. The van der Waals surface area contributed by atoms with Crippen molar-refractivity contribution in [2.45, 2.75) is 0 Å². The van der Waals surface area contributed by atoms with E-state index in [-0.39, 0.29) is 15.6 Å². The first-order valence-corrected chi connectivity index (χ1v) is 5.11. The largest absolute Gasteiger partial charge is 0.478 e.